The molecule has 0 unspecified atom stereocenters. The van der Waals surface area contributed by atoms with E-state index in [2.05, 4.69) is 52.5 Å². The van der Waals surface area contributed by atoms with Crippen LogP contribution in [0.5, 0.6) is 5.75 Å². The van der Waals surface area contributed by atoms with Crippen molar-refractivity contribution in [1.29, 1.82) is 0 Å². The van der Waals surface area contributed by atoms with Crippen LogP contribution >= 0.6 is 11.8 Å². The Bertz CT molecular complexity index is 4830. The molecule has 4 aliphatic heterocycles. The summed E-state index contributed by atoms with van der Waals surface area (Å²) in [5, 5.41) is 54.3. The number of ketones is 2. The summed E-state index contributed by atoms with van der Waals surface area (Å²) in [7, 11) is 2.83. The highest BCUT2D eigenvalue weighted by Gasteiger charge is 2.47. The van der Waals surface area contributed by atoms with Crippen molar-refractivity contribution < 1.29 is 96.8 Å². The largest absolute Gasteiger partial charge is 0.508 e. The quantitative estimate of drug-likeness (QED) is 0.0437. The number of primary amides is 1. The van der Waals surface area contributed by atoms with Crippen LogP contribution in [0.25, 0.3) is 21.8 Å². The maximum atomic E-state index is 15.8. The van der Waals surface area contributed by atoms with Gasteiger partial charge in [0.2, 0.25) is 82.7 Å². The standard InChI is InChI=1S/C89H124N18O20S/c1-8-10-22-68-82(120)96-50(5)78(116)102-67(80(118)95-45-75(92)112)47-128-48-76(113)97-64(35-51-26-28-56(108)29-27-51)86(124)105-32-16-24-69(105)83(121)100-65(41-77(114)115)87(125)106-33-17-25-70(106)84(122)101-66(42-91)81(119)99-63(34-49(3)4)88(126)107-46-57(109)40-72(107)74(111)38-52(36-54-43-93-60-20-14-12-18-58(54)60)79(117)98-62(30-31-90)73(110)39-53(37-55-44-94-61-21-15-13-19-59(55)61)85(123)104(7)71(23-11-9-2)89(127)103(68)6/h12-15,18-21,26-29,43-44,49-50,52-53,57,62-72,93-94,108-109H,8-11,16-17,22-25,30-42,45-48,90-91H2,1-7H3,(H2,92,112)(H,95,118)(H,96,120)(H,97,113)(H,98,117)(H,99,119)(H,100,121)(H,101,122)(H,102,116)(H,114,115)/t50-,52+,53+,57-,62-,63-,64-,65-,66-,67-,68-,69-,70-,71-,72-/m0/s1. The lowest BCUT2D eigenvalue weighted by Crippen LogP contribution is -2.61. The van der Waals surface area contributed by atoms with Gasteiger partial charge in [-0.05, 0) is 125 Å². The zero-order valence-corrected chi connectivity index (χ0v) is 74.4. The molecule has 4 saturated heterocycles. The van der Waals surface area contributed by atoms with Gasteiger partial charge in [-0.25, -0.2) is 0 Å². The van der Waals surface area contributed by atoms with Gasteiger partial charge in [0.05, 0.1) is 36.9 Å². The highest BCUT2D eigenvalue weighted by Crippen LogP contribution is 2.32. The van der Waals surface area contributed by atoms with Gasteiger partial charge in [-0.3, -0.25) is 81.5 Å². The summed E-state index contributed by atoms with van der Waals surface area (Å²) >= 11 is 0.802. The molecule has 9 rings (SSSR count). The average Bonchev–Trinajstić information content (AvgIpc) is 1.64. The topological polar surface area (TPSA) is 573 Å². The molecule has 0 aliphatic carbocycles. The number of unbranched alkanes of at least 4 members (excludes halogenated alkanes) is 2. The summed E-state index contributed by atoms with van der Waals surface area (Å²) in [5.74, 6) is -18.7. The number of nitrogens with one attached hydrogen (secondary N) is 10. The number of likely N-dealkylation sites (N-methyl/N-ethyl adjacent to an activating group) is 2. The number of aromatic nitrogens is 2. The Kier molecular flexibility index (Phi) is 36.9. The molecule has 2 aromatic heterocycles. The number of rotatable bonds is 22. The average molecular weight is 1800 g/mol. The number of fused-ring (bicyclic) bond motifs is 5. The number of hydrogen-bond donors (Lipinski definition) is 16. The number of carboxylic acids is 1. The lowest BCUT2D eigenvalue weighted by molar-refractivity contribution is -0.150. The molecule has 4 aliphatic rings. The Hall–Kier alpha value is -11.8. The molecule has 4 fully saturated rings. The van der Waals surface area contributed by atoms with Crippen molar-refractivity contribution in [3.05, 3.63) is 102 Å². The van der Waals surface area contributed by atoms with Crippen molar-refractivity contribution in [3.63, 3.8) is 0 Å². The summed E-state index contributed by atoms with van der Waals surface area (Å²) in [6, 6.07) is 2.82. The number of aromatic hydroxyl groups is 1. The number of para-hydroxylation sites is 2. The van der Waals surface area contributed by atoms with Crippen LogP contribution in [-0.4, -0.2) is 293 Å². The van der Waals surface area contributed by atoms with Crippen molar-refractivity contribution in [2.45, 2.75) is 235 Å². The molecule has 38 nitrogen and oxygen atoms in total. The number of nitrogens with zero attached hydrogens (tertiary/aromatic N) is 5. The Labute approximate surface area is 746 Å². The number of carbonyl (C=O) groups excluding carboxylic acids is 16. The molecule has 0 saturated carbocycles. The molecule has 0 radical (unpaired) electrons. The normalized spacial score (nSPS) is 26.1. The number of phenols is 1. The number of thioether (sulfide) groups is 1. The fraction of sp³-hybridized carbons (Fsp3) is 0.562. The molecule has 6 heterocycles. The zero-order chi connectivity index (χ0) is 93.3. The second kappa shape index (κ2) is 47.3. The summed E-state index contributed by atoms with van der Waals surface area (Å²) in [6.45, 7) is 6.60. The number of aliphatic carboxylic acids is 1. The maximum Gasteiger partial charge on any atom is 0.305 e. The van der Waals surface area contributed by atoms with E-state index in [9.17, 15) is 68.1 Å². The number of carboxylic acid groups (broad SMARTS) is 1. The van der Waals surface area contributed by atoms with Gasteiger partial charge in [0.25, 0.3) is 0 Å². The van der Waals surface area contributed by atoms with Crippen LogP contribution in [0, 0.1) is 17.8 Å². The summed E-state index contributed by atoms with van der Waals surface area (Å²) in [6.07, 6.45) is 1.51. The first kappa shape index (κ1) is 99.9. The van der Waals surface area contributed by atoms with Crippen LogP contribution in [0.4, 0.5) is 0 Å². The third kappa shape index (κ3) is 26.7. The van der Waals surface area contributed by atoms with Gasteiger partial charge in [0.15, 0.2) is 11.6 Å². The van der Waals surface area contributed by atoms with Gasteiger partial charge >= 0.3 is 5.97 Å². The Morgan fingerprint density at radius 3 is 1.67 bits per heavy atom. The van der Waals surface area contributed by atoms with Crippen molar-refractivity contribution >= 4 is 134 Å². The summed E-state index contributed by atoms with van der Waals surface area (Å²) in [5.41, 5.74) is 21.0. The molecule has 14 amide bonds. The third-order valence-electron chi connectivity index (χ3n) is 24.1. The van der Waals surface area contributed by atoms with Crippen LogP contribution in [-0.2, 0) is 101 Å². The van der Waals surface area contributed by atoms with E-state index in [1.807, 2.05) is 44.2 Å². The predicted octanol–water partition coefficient (Wildman–Crippen LogP) is 0.102. The van der Waals surface area contributed by atoms with Crippen LogP contribution in [0.1, 0.15) is 154 Å². The van der Waals surface area contributed by atoms with Gasteiger partial charge in [0.1, 0.15) is 66.2 Å². The minimum Gasteiger partial charge on any atom is -0.508 e. The first-order valence-electron chi connectivity index (χ1n) is 44.0. The maximum absolute atomic E-state index is 15.8. The number of aliphatic hydroxyl groups is 1. The third-order valence-corrected chi connectivity index (χ3v) is 25.1. The van der Waals surface area contributed by atoms with E-state index in [1.165, 1.54) is 55.1 Å². The van der Waals surface area contributed by atoms with E-state index in [-0.39, 0.29) is 121 Å². The van der Waals surface area contributed by atoms with Crippen LogP contribution in [0.3, 0.4) is 0 Å². The van der Waals surface area contributed by atoms with E-state index in [1.54, 1.807) is 44.4 Å². The van der Waals surface area contributed by atoms with Crippen molar-refractivity contribution in [2.24, 2.45) is 35.0 Å². The molecule has 5 aromatic rings. The van der Waals surface area contributed by atoms with Crippen LogP contribution < -0.4 is 59.7 Å². The number of benzene rings is 3. The molecule has 0 spiro atoms. The first-order chi connectivity index (χ1) is 61.0. The number of phenolic OH excluding ortho intramolecular Hbond substituents is 1. The highest BCUT2D eigenvalue weighted by molar-refractivity contribution is 8.00. The summed E-state index contributed by atoms with van der Waals surface area (Å²) in [4.78, 5) is 260. The van der Waals surface area contributed by atoms with Gasteiger partial charge in [-0.1, -0.05) is 102 Å². The van der Waals surface area contributed by atoms with E-state index in [0.717, 1.165) is 37.4 Å². The van der Waals surface area contributed by atoms with Gasteiger partial charge < -0.3 is 110 Å². The molecule has 128 heavy (non-hydrogen) atoms. The Balaban J connectivity index is 1.07. The van der Waals surface area contributed by atoms with Gasteiger partial charge in [-0.15, -0.1) is 11.8 Å². The summed E-state index contributed by atoms with van der Waals surface area (Å²) < 4.78 is 0. The number of aliphatic hydroxyl groups excluding tert-OH is 1. The lowest BCUT2D eigenvalue weighted by atomic mass is 9.88. The fourth-order valence-electron chi connectivity index (χ4n) is 17.2. The Morgan fingerprint density at radius 1 is 0.562 bits per heavy atom. The van der Waals surface area contributed by atoms with E-state index >= 15 is 28.8 Å². The monoisotopic (exact) mass is 1800 g/mol. The van der Waals surface area contributed by atoms with Crippen molar-refractivity contribution in [1.82, 2.24) is 77.0 Å². The number of hydrogen-bond acceptors (Lipinski definition) is 22. The minimum atomic E-state index is -1.84. The van der Waals surface area contributed by atoms with Crippen molar-refractivity contribution in [3.8, 4) is 5.75 Å². The van der Waals surface area contributed by atoms with Gasteiger partial charge in [0, 0.05) is 118 Å². The number of amides is 14. The van der Waals surface area contributed by atoms with E-state index in [4.69, 9.17) is 17.2 Å². The highest BCUT2D eigenvalue weighted by atomic mass is 32.2. The zero-order valence-electron chi connectivity index (χ0n) is 73.6. The molecule has 19 N–H and O–H groups in total. The number of Topliss-reactive ketones (excluding diaryl/α,β-unsaturated/α-hetero) is 2. The number of carbonyl (C=O) groups is 17. The molecular formula is C89H124N18O20S. The predicted molar refractivity (Wildman–Crippen MR) is 473 cm³/mol. The lowest BCUT2D eigenvalue weighted by Gasteiger charge is -2.36. The molecule has 15 atom stereocenters. The van der Waals surface area contributed by atoms with Gasteiger partial charge in [-0.2, -0.15) is 0 Å². The number of nitrogens with two attached hydrogens (primary N) is 3. The molecular weight excluding hydrogens is 1670 g/mol. The van der Waals surface area contributed by atoms with Crippen LogP contribution in [0.2, 0.25) is 0 Å². The van der Waals surface area contributed by atoms with Crippen LogP contribution in [0.15, 0.2) is 85.2 Å². The molecule has 696 valence electrons. The molecule has 3 aromatic carbocycles. The van der Waals surface area contributed by atoms with Crippen molar-refractivity contribution in [2.75, 3.05) is 64.9 Å². The van der Waals surface area contributed by atoms with E-state index < -0.39 is 229 Å². The number of H-pyrrole nitrogens is 2. The smallest absolute Gasteiger partial charge is 0.305 e. The second-order valence-electron chi connectivity index (χ2n) is 34.1. The Morgan fingerprint density at radius 2 is 1.10 bits per heavy atom. The number of aromatic amines is 2. The molecule has 0 bridgehead atoms. The second-order valence-corrected chi connectivity index (χ2v) is 35.1. The first-order valence-corrected chi connectivity index (χ1v) is 45.1. The molecule has 39 heteroatoms. The van der Waals surface area contributed by atoms with E-state index in [0.29, 0.717) is 53.3 Å². The SMILES string of the molecule is CCCC[C@H]1C(=O)N(C)[C@@H](CCCC)C(=O)N[C@@H](C)C(=O)N[C@H](C(=O)NCC(N)=O)CSCC(=O)N[C@@H](Cc2ccc(O)cc2)C(=O)N2CCC[C@H]2C(=O)N[C@@H](CC(=O)O)C(=O)N2CCC[C@H]2C(=O)N[C@@H](CN)C(=O)N[C@@H](CC(C)C)C(=O)N2C[C@@H](O)C[C@H]2C(=O)C[C@@H](Cc2c[nH]c3ccccc23)C(=O)N[C@@H](CCN)C(=O)C[C@@H](Cc2c[nH]c3ccccc23)C(=O)N1C. The minimum absolute atomic E-state index is 0.00526. The fourth-order valence-corrected chi connectivity index (χ4v) is 18.0.